The summed E-state index contributed by atoms with van der Waals surface area (Å²) < 4.78 is 0. The number of hydrogen-bond acceptors (Lipinski definition) is 7. The summed E-state index contributed by atoms with van der Waals surface area (Å²) >= 11 is 1.59. The Kier molecular flexibility index (Phi) is 12.6. The van der Waals surface area contributed by atoms with E-state index in [1.54, 1.807) is 11.3 Å². The molecular formula is C23H33Cl3N8OS. The van der Waals surface area contributed by atoms with E-state index in [-0.39, 0.29) is 67.0 Å². The van der Waals surface area contributed by atoms with Gasteiger partial charge in [0.1, 0.15) is 5.82 Å². The molecule has 36 heavy (non-hydrogen) atoms. The van der Waals surface area contributed by atoms with Crippen molar-refractivity contribution < 1.29 is 4.79 Å². The average Bonchev–Trinajstić information content (AvgIpc) is 3.19. The molecular weight excluding hydrogens is 543 g/mol. The summed E-state index contributed by atoms with van der Waals surface area (Å²) in [6.07, 6.45) is 4.72. The Morgan fingerprint density at radius 1 is 1.14 bits per heavy atom. The van der Waals surface area contributed by atoms with Gasteiger partial charge in [-0.3, -0.25) is 4.79 Å². The number of thiazole rings is 1. The number of aromatic nitrogens is 3. The first kappa shape index (κ1) is 31.6. The summed E-state index contributed by atoms with van der Waals surface area (Å²) in [6.45, 7) is 4.49. The van der Waals surface area contributed by atoms with Gasteiger partial charge in [-0.2, -0.15) is 0 Å². The van der Waals surface area contributed by atoms with E-state index in [2.05, 4.69) is 30.6 Å². The van der Waals surface area contributed by atoms with Crippen LogP contribution in [0, 0.1) is 13.8 Å². The van der Waals surface area contributed by atoms with Crippen LogP contribution in [0.2, 0.25) is 0 Å². The molecule has 0 spiro atoms. The quantitative estimate of drug-likeness (QED) is 0.247. The highest BCUT2D eigenvalue weighted by atomic mass is 35.5. The molecule has 2 heterocycles. The number of benzene rings is 1. The Hall–Kier alpha value is -2.40. The lowest BCUT2D eigenvalue weighted by Crippen LogP contribution is -2.38. The van der Waals surface area contributed by atoms with Crippen LogP contribution in [-0.2, 0) is 6.42 Å². The Balaban J connectivity index is 0.00000216. The largest absolute Gasteiger partial charge is 0.370 e. The highest BCUT2D eigenvalue weighted by Crippen LogP contribution is 2.28. The van der Waals surface area contributed by atoms with Crippen LogP contribution in [0.1, 0.15) is 52.4 Å². The second kappa shape index (κ2) is 14.4. The molecule has 0 aliphatic heterocycles. The summed E-state index contributed by atoms with van der Waals surface area (Å²) in [5, 5.41) is 7.35. The predicted molar refractivity (Wildman–Crippen MR) is 154 cm³/mol. The maximum atomic E-state index is 12.9. The molecule has 1 fully saturated rings. The highest BCUT2D eigenvalue weighted by molar-refractivity contribution is 7.09. The molecule has 1 aliphatic carbocycles. The second-order valence-corrected chi connectivity index (χ2v) is 9.38. The maximum absolute atomic E-state index is 12.9. The molecule has 9 nitrogen and oxygen atoms in total. The maximum Gasteiger partial charge on any atom is 0.289 e. The minimum absolute atomic E-state index is 0. The average molecular weight is 576 g/mol. The van der Waals surface area contributed by atoms with Crippen LogP contribution in [0.4, 0.5) is 5.82 Å². The van der Waals surface area contributed by atoms with E-state index in [1.807, 2.05) is 37.6 Å². The number of halogens is 3. The molecule has 0 radical (unpaired) electrons. The summed E-state index contributed by atoms with van der Waals surface area (Å²) in [6, 6.07) is 5.94. The van der Waals surface area contributed by atoms with Crippen LogP contribution in [-0.4, -0.2) is 45.4 Å². The van der Waals surface area contributed by atoms with Gasteiger partial charge in [0.25, 0.3) is 5.91 Å². The summed E-state index contributed by atoms with van der Waals surface area (Å²) in [5.74, 6) is 0.569. The number of fused-ring (bicyclic) bond motifs is 1. The van der Waals surface area contributed by atoms with Crippen molar-refractivity contribution in [3.63, 3.8) is 0 Å². The van der Waals surface area contributed by atoms with Gasteiger partial charge in [-0.25, -0.2) is 19.9 Å². The number of rotatable bonds is 7. The molecule has 1 aromatic carbocycles. The minimum atomic E-state index is -0.299. The summed E-state index contributed by atoms with van der Waals surface area (Å²) in [7, 11) is 0. The molecule has 198 valence electrons. The molecule has 2 atom stereocenters. The molecule has 0 bridgehead atoms. The zero-order valence-electron chi connectivity index (χ0n) is 20.2. The normalized spacial score (nSPS) is 16.6. The Bertz CT molecular complexity index is 1190. The zero-order valence-corrected chi connectivity index (χ0v) is 23.5. The van der Waals surface area contributed by atoms with E-state index in [0.717, 1.165) is 59.1 Å². The van der Waals surface area contributed by atoms with E-state index < -0.39 is 0 Å². The van der Waals surface area contributed by atoms with Crippen LogP contribution in [0.15, 0.2) is 28.7 Å². The first-order valence-corrected chi connectivity index (χ1v) is 12.1. The van der Waals surface area contributed by atoms with Gasteiger partial charge < -0.3 is 22.1 Å². The molecule has 6 N–H and O–H groups in total. The van der Waals surface area contributed by atoms with Crippen molar-refractivity contribution >= 4 is 77.1 Å². The van der Waals surface area contributed by atoms with Gasteiger partial charge in [-0.1, -0.05) is 24.5 Å². The van der Waals surface area contributed by atoms with E-state index in [9.17, 15) is 4.79 Å². The molecule has 3 aromatic rings. The number of nitrogens with zero attached hydrogens (tertiary/aromatic N) is 4. The monoisotopic (exact) mass is 574 g/mol. The smallest absolute Gasteiger partial charge is 0.289 e. The first-order valence-electron chi connectivity index (χ1n) is 11.2. The predicted octanol–water partition coefficient (Wildman–Crippen LogP) is 3.94. The number of guanidine groups is 1. The molecule has 0 unspecified atom stereocenters. The number of aliphatic imine (C=N–C) groups is 1. The lowest BCUT2D eigenvalue weighted by Gasteiger charge is -2.30. The third-order valence-corrected chi connectivity index (χ3v) is 6.90. The third-order valence-electron chi connectivity index (χ3n) is 5.90. The van der Waals surface area contributed by atoms with Crippen molar-refractivity contribution in [2.75, 3.05) is 11.9 Å². The molecule has 1 aliphatic rings. The Labute approximate surface area is 233 Å². The molecule has 1 saturated carbocycles. The zero-order chi connectivity index (χ0) is 23.4. The minimum Gasteiger partial charge on any atom is -0.370 e. The van der Waals surface area contributed by atoms with Gasteiger partial charge in [0.15, 0.2) is 5.96 Å². The molecule has 1 amide bonds. The lowest BCUT2D eigenvalue weighted by molar-refractivity contribution is 0.0944. The Morgan fingerprint density at radius 3 is 2.58 bits per heavy atom. The van der Waals surface area contributed by atoms with Crippen LogP contribution in [0.5, 0.6) is 0 Å². The number of aryl methyl sites for hydroxylation is 2. The van der Waals surface area contributed by atoms with E-state index >= 15 is 0 Å². The number of nitrogens with one attached hydrogen (secondary N) is 2. The number of amides is 1. The number of carbonyl (C=O) groups is 1. The molecule has 13 heteroatoms. The SMILES string of the molecule is Cc1ccc2nc(C(=O)NCCc3scnc3C)nc(N[C@H]3CCCC[C@H]3N=C(N)N)c2c1.Cl.Cl.Cl. The van der Waals surface area contributed by atoms with Crippen molar-refractivity contribution in [3.8, 4) is 0 Å². The van der Waals surface area contributed by atoms with Gasteiger partial charge in [0.05, 0.1) is 28.8 Å². The number of anilines is 1. The van der Waals surface area contributed by atoms with Crippen LogP contribution in [0.3, 0.4) is 0 Å². The third kappa shape index (κ3) is 7.80. The van der Waals surface area contributed by atoms with Crippen molar-refractivity contribution in [3.05, 3.63) is 45.7 Å². The van der Waals surface area contributed by atoms with Crippen LogP contribution in [0.25, 0.3) is 10.9 Å². The fourth-order valence-electron chi connectivity index (χ4n) is 4.19. The molecule has 2 aromatic heterocycles. The van der Waals surface area contributed by atoms with E-state index in [4.69, 9.17) is 11.5 Å². The first-order chi connectivity index (χ1) is 15.9. The van der Waals surface area contributed by atoms with Crippen molar-refractivity contribution in [2.24, 2.45) is 16.5 Å². The lowest BCUT2D eigenvalue weighted by atomic mass is 9.90. The van der Waals surface area contributed by atoms with Gasteiger partial charge in [-0.15, -0.1) is 48.6 Å². The number of carbonyl (C=O) groups excluding carboxylic acids is 1. The van der Waals surface area contributed by atoms with E-state index in [0.29, 0.717) is 12.4 Å². The summed E-state index contributed by atoms with van der Waals surface area (Å²) in [4.78, 5) is 31.9. The Morgan fingerprint density at radius 2 is 1.89 bits per heavy atom. The number of nitrogens with two attached hydrogens (primary N) is 2. The topological polar surface area (TPSA) is 144 Å². The van der Waals surface area contributed by atoms with E-state index in [1.165, 1.54) is 0 Å². The van der Waals surface area contributed by atoms with Crippen LogP contribution < -0.4 is 22.1 Å². The fraction of sp³-hybridized carbons (Fsp3) is 0.435. The van der Waals surface area contributed by atoms with Crippen molar-refractivity contribution in [1.82, 2.24) is 20.3 Å². The fourth-order valence-corrected chi connectivity index (χ4v) is 4.97. The summed E-state index contributed by atoms with van der Waals surface area (Å²) in [5.41, 5.74) is 16.0. The molecule has 4 rings (SSSR count). The van der Waals surface area contributed by atoms with Crippen molar-refractivity contribution in [1.29, 1.82) is 0 Å². The van der Waals surface area contributed by atoms with Crippen molar-refractivity contribution in [2.45, 2.75) is 58.0 Å². The van der Waals surface area contributed by atoms with Crippen LogP contribution >= 0.6 is 48.6 Å². The van der Waals surface area contributed by atoms with Gasteiger partial charge in [0, 0.05) is 23.2 Å². The standard InChI is InChI=1S/C23H30N8OS.3ClH/c1-13-7-8-16-15(11-13)20(29-17-5-3-4-6-18(17)30-23(24)25)31-21(28-16)22(32)26-10-9-19-14(2)27-12-33-19;;;/h7-8,11-12,17-18H,3-6,9-10H2,1-2H3,(H,26,32)(H4,24,25,30)(H,28,29,31);3*1H/t17-,18+;;;/m0.../s1. The van der Waals surface area contributed by atoms with Gasteiger partial charge in [0.2, 0.25) is 5.82 Å². The van der Waals surface area contributed by atoms with Gasteiger partial charge in [-0.05, 0) is 38.8 Å². The second-order valence-electron chi connectivity index (χ2n) is 8.44. The number of hydrogen-bond donors (Lipinski definition) is 4. The molecule has 0 saturated heterocycles. The van der Waals surface area contributed by atoms with Gasteiger partial charge >= 0.3 is 0 Å². The highest BCUT2D eigenvalue weighted by Gasteiger charge is 2.26.